The molecule has 0 aliphatic rings. The topological polar surface area (TPSA) is 97.4 Å². The average molecular weight is 333 g/mol. The summed E-state index contributed by atoms with van der Waals surface area (Å²) in [5, 5.41) is 8.84. The van der Waals surface area contributed by atoms with Crippen molar-refractivity contribution < 1.29 is 14.4 Å². The highest BCUT2D eigenvalue weighted by molar-refractivity contribution is 5.93. The number of nitrogens with zero attached hydrogens (tertiary/aromatic N) is 1. The molecular weight excluding hydrogens is 313 g/mol. The lowest BCUT2D eigenvalue weighted by Gasteiger charge is -2.18. The fourth-order valence-electron chi connectivity index (χ4n) is 2.63. The van der Waals surface area contributed by atoms with E-state index >= 15 is 0 Å². The third-order valence-electron chi connectivity index (χ3n) is 3.80. The molecule has 0 spiro atoms. The van der Waals surface area contributed by atoms with Crippen LogP contribution in [0.1, 0.15) is 40.5 Å². The fraction of sp³-hybridized carbons (Fsp3) is 0.294. The van der Waals surface area contributed by atoms with Gasteiger partial charge in [-0.05, 0) is 35.7 Å². The van der Waals surface area contributed by atoms with Gasteiger partial charge in [0.15, 0.2) is 0 Å². The molecule has 4 N–H and O–H groups in total. The van der Waals surface area contributed by atoms with Crippen molar-refractivity contribution >= 4 is 5.91 Å². The summed E-state index contributed by atoms with van der Waals surface area (Å²) in [6.45, 7) is 2.32. The SMILES string of the molecule is CCCc1c(CN)cc(C(=O)NO)c(=O)n1Cc1ccc(F)cc1. The van der Waals surface area contributed by atoms with Crippen LogP contribution in [0.15, 0.2) is 35.1 Å². The van der Waals surface area contributed by atoms with E-state index in [-0.39, 0.29) is 24.5 Å². The number of rotatable bonds is 6. The molecule has 24 heavy (non-hydrogen) atoms. The summed E-state index contributed by atoms with van der Waals surface area (Å²) in [5.74, 6) is -1.25. The average Bonchev–Trinajstić information content (AvgIpc) is 2.59. The molecule has 0 unspecified atom stereocenters. The molecule has 1 heterocycles. The van der Waals surface area contributed by atoms with E-state index in [1.165, 1.54) is 28.2 Å². The maximum Gasteiger partial charge on any atom is 0.280 e. The number of carbonyl (C=O) groups is 1. The van der Waals surface area contributed by atoms with Gasteiger partial charge in [-0.2, -0.15) is 0 Å². The van der Waals surface area contributed by atoms with Crippen LogP contribution in [-0.2, 0) is 19.5 Å². The van der Waals surface area contributed by atoms with Crippen molar-refractivity contribution in [3.8, 4) is 0 Å². The first-order valence-electron chi connectivity index (χ1n) is 7.66. The molecule has 2 aromatic rings. The van der Waals surface area contributed by atoms with Gasteiger partial charge in [-0.1, -0.05) is 25.5 Å². The molecule has 0 fully saturated rings. The van der Waals surface area contributed by atoms with Gasteiger partial charge in [0.1, 0.15) is 11.4 Å². The van der Waals surface area contributed by atoms with Crippen LogP contribution in [0, 0.1) is 5.82 Å². The lowest BCUT2D eigenvalue weighted by molar-refractivity contribution is 0.0704. The summed E-state index contributed by atoms with van der Waals surface area (Å²) in [4.78, 5) is 24.4. The Hall–Kier alpha value is -2.51. The van der Waals surface area contributed by atoms with E-state index in [9.17, 15) is 14.0 Å². The number of carbonyl (C=O) groups excluding carboxylic acids is 1. The van der Waals surface area contributed by atoms with E-state index in [2.05, 4.69) is 0 Å². The van der Waals surface area contributed by atoms with Crippen LogP contribution in [0.4, 0.5) is 4.39 Å². The number of nitrogens with one attached hydrogen (secondary N) is 1. The smallest absolute Gasteiger partial charge is 0.280 e. The van der Waals surface area contributed by atoms with E-state index in [1.54, 1.807) is 12.1 Å². The molecule has 128 valence electrons. The van der Waals surface area contributed by atoms with Crippen molar-refractivity contribution in [3.63, 3.8) is 0 Å². The summed E-state index contributed by atoms with van der Waals surface area (Å²) in [6, 6.07) is 7.21. The van der Waals surface area contributed by atoms with Gasteiger partial charge in [0, 0.05) is 12.2 Å². The second kappa shape index (κ2) is 7.85. The van der Waals surface area contributed by atoms with Crippen molar-refractivity contribution in [1.29, 1.82) is 0 Å². The highest BCUT2D eigenvalue weighted by Crippen LogP contribution is 2.14. The Morgan fingerprint density at radius 1 is 1.33 bits per heavy atom. The van der Waals surface area contributed by atoms with Crippen LogP contribution in [0.2, 0.25) is 0 Å². The number of nitrogens with two attached hydrogens (primary N) is 1. The lowest BCUT2D eigenvalue weighted by atomic mass is 10.0. The highest BCUT2D eigenvalue weighted by Gasteiger charge is 2.18. The van der Waals surface area contributed by atoms with Crippen LogP contribution in [0.25, 0.3) is 0 Å². The molecule has 0 atom stereocenters. The predicted molar refractivity (Wildman–Crippen MR) is 87.3 cm³/mol. The number of pyridine rings is 1. The molecule has 0 radical (unpaired) electrons. The van der Waals surface area contributed by atoms with Crippen molar-refractivity contribution in [2.24, 2.45) is 5.73 Å². The van der Waals surface area contributed by atoms with Gasteiger partial charge < -0.3 is 10.3 Å². The summed E-state index contributed by atoms with van der Waals surface area (Å²) in [5.41, 5.74) is 8.67. The van der Waals surface area contributed by atoms with Gasteiger partial charge in [0.05, 0.1) is 6.54 Å². The maximum atomic E-state index is 13.1. The van der Waals surface area contributed by atoms with Gasteiger partial charge in [0.2, 0.25) is 0 Å². The predicted octanol–water partition coefficient (Wildman–Crippen LogP) is 1.57. The quantitative estimate of drug-likeness (QED) is 0.552. The zero-order valence-corrected chi connectivity index (χ0v) is 13.4. The van der Waals surface area contributed by atoms with Crippen LogP contribution in [0.5, 0.6) is 0 Å². The molecule has 0 aliphatic heterocycles. The van der Waals surface area contributed by atoms with Crippen LogP contribution in [-0.4, -0.2) is 15.7 Å². The van der Waals surface area contributed by atoms with E-state index in [0.717, 1.165) is 17.7 Å². The monoisotopic (exact) mass is 333 g/mol. The molecule has 1 amide bonds. The molecule has 0 aliphatic carbocycles. The molecule has 1 aromatic carbocycles. The number of amides is 1. The highest BCUT2D eigenvalue weighted by atomic mass is 19.1. The minimum absolute atomic E-state index is 0.157. The summed E-state index contributed by atoms with van der Waals surface area (Å²) < 4.78 is 14.5. The first kappa shape index (κ1) is 17.8. The first-order chi connectivity index (χ1) is 11.5. The minimum atomic E-state index is -0.884. The molecule has 0 bridgehead atoms. The van der Waals surface area contributed by atoms with Gasteiger partial charge in [0.25, 0.3) is 11.5 Å². The Labute approximate surface area is 138 Å². The number of benzene rings is 1. The minimum Gasteiger partial charge on any atom is -0.326 e. The Bertz CT molecular complexity index is 785. The second-order valence-corrected chi connectivity index (χ2v) is 5.44. The Balaban J connectivity index is 2.62. The summed E-state index contributed by atoms with van der Waals surface area (Å²) in [7, 11) is 0. The zero-order valence-electron chi connectivity index (χ0n) is 13.4. The molecule has 7 heteroatoms. The van der Waals surface area contributed by atoms with E-state index in [4.69, 9.17) is 10.9 Å². The number of halogens is 1. The number of hydrogen-bond acceptors (Lipinski definition) is 4. The molecule has 0 saturated carbocycles. The van der Waals surface area contributed by atoms with Gasteiger partial charge >= 0.3 is 0 Å². The van der Waals surface area contributed by atoms with Crippen molar-refractivity contribution in [1.82, 2.24) is 10.0 Å². The van der Waals surface area contributed by atoms with E-state index < -0.39 is 11.5 Å². The van der Waals surface area contributed by atoms with Crippen molar-refractivity contribution in [2.45, 2.75) is 32.9 Å². The largest absolute Gasteiger partial charge is 0.326 e. The fourth-order valence-corrected chi connectivity index (χ4v) is 2.63. The Kier molecular flexibility index (Phi) is 5.83. The number of aromatic nitrogens is 1. The normalized spacial score (nSPS) is 10.7. The maximum absolute atomic E-state index is 13.1. The molecule has 6 nitrogen and oxygen atoms in total. The van der Waals surface area contributed by atoms with E-state index in [1.807, 2.05) is 6.92 Å². The third-order valence-corrected chi connectivity index (χ3v) is 3.80. The summed E-state index contributed by atoms with van der Waals surface area (Å²) >= 11 is 0. The molecular formula is C17H20FN3O3. The first-order valence-corrected chi connectivity index (χ1v) is 7.66. The Morgan fingerprint density at radius 2 is 2.00 bits per heavy atom. The van der Waals surface area contributed by atoms with Gasteiger partial charge in [-0.25, -0.2) is 9.87 Å². The van der Waals surface area contributed by atoms with Crippen molar-refractivity contribution in [3.05, 3.63) is 68.9 Å². The number of hydroxylamine groups is 1. The summed E-state index contributed by atoms with van der Waals surface area (Å²) in [6.07, 6.45) is 1.41. The van der Waals surface area contributed by atoms with Gasteiger partial charge in [-0.3, -0.25) is 14.8 Å². The second-order valence-electron chi connectivity index (χ2n) is 5.44. The van der Waals surface area contributed by atoms with Crippen LogP contribution < -0.4 is 16.8 Å². The van der Waals surface area contributed by atoms with Crippen LogP contribution in [0.3, 0.4) is 0 Å². The third kappa shape index (κ3) is 3.69. The lowest BCUT2D eigenvalue weighted by Crippen LogP contribution is -2.35. The van der Waals surface area contributed by atoms with Gasteiger partial charge in [-0.15, -0.1) is 0 Å². The number of hydrogen-bond donors (Lipinski definition) is 3. The molecule has 1 aromatic heterocycles. The van der Waals surface area contributed by atoms with E-state index in [0.29, 0.717) is 12.0 Å². The Morgan fingerprint density at radius 3 is 2.54 bits per heavy atom. The molecule has 2 rings (SSSR count). The standard InChI is InChI=1S/C17H20FN3O3/c1-2-3-15-12(9-19)8-14(16(22)20-24)17(23)21(15)10-11-4-6-13(18)7-5-11/h4-8,24H,2-3,9-10,19H2,1H3,(H,20,22). The van der Waals surface area contributed by atoms with Crippen molar-refractivity contribution in [2.75, 3.05) is 0 Å². The zero-order chi connectivity index (χ0) is 17.7. The molecule has 0 saturated heterocycles. The van der Waals surface area contributed by atoms with Crippen LogP contribution >= 0.6 is 0 Å².